The molecule has 0 radical (unpaired) electrons. The SMILES string of the molecule is CC(=O)NC(=O)c1cc(F)ccc1[N+](=O)[O-]. The fourth-order valence-electron chi connectivity index (χ4n) is 1.08. The van der Waals surface area contributed by atoms with E-state index >= 15 is 0 Å². The third-order valence-electron chi connectivity index (χ3n) is 1.69. The molecule has 84 valence electrons. The quantitative estimate of drug-likeness (QED) is 0.601. The number of benzene rings is 1. The van der Waals surface area contributed by atoms with Crippen LogP contribution in [0.25, 0.3) is 0 Å². The van der Waals surface area contributed by atoms with Crippen LogP contribution in [0.2, 0.25) is 0 Å². The van der Waals surface area contributed by atoms with Gasteiger partial charge in [-0.1, -0.05) is 0 Å². The number of carbonyl (C=O) groups excluding carboxylic acids is 2. The minimum atomic E-state index is -1.00. The molecular weight excluding hydrogens is 219 g/mol. The number of hydrogen-bond acceptors (Lipinski definition) is 4. The van der Waals surface area contributed by atoms with Crippen LogP contribution in [-0.4, -0.2) is 16.7 Å². The fourth-order valence-corrected chi connectivity index (χ4v) is 1.08. The number of nitrogens with one attached hydrogen (secondary N) is 1. The van der Waals surface area contributed by atoms with Crippen molar-refractivity contribution in [3.8, 4) is 0 Å². The van der Waals surface area contributed by atoms with E-state index in [0.717, 1.165) is 19.1 Å². The number of nitro benzene ring substituents is 1. The van der Waals surface area contributed by atoms with E-state index in [1.165, 1.54) is 0 Å². The summed E-state index contributed by atoms with van der Waals surface area (Å²) in [5.74, 6) is -2.47. The van der Waals surface area contributed by atoms with Gasteiger partial charge in [-0.2, -0.15) is 0 Å². The third-order valence-corrected chi connectivity index (χ3v) is 1.69. The first-order valence-corrected chi connectivity index (χ1v) is 4.17. The van der Waals surface area contributed by atoms with Gasteiger partial charge in [0.05, 0.1) is 4.92 Å². The Balaban J connectivity index is 3.19. The average Bonchev–Trinajstić information content (AvgIpc) is 2.15. The molecule has 1 aromatic carbocycles. The van der Waals surface area contributed by atoms with Crippen LogP contribution >= 0.6 is 0 Å². The first-order chi connectivity index (χ1) is 7.41. The molecule has 2 amide bonds. The summed E-state index contributed by atoms with van der Waals surface area (Å²) in [4.78, 5) is 31.6. The molecule has 0 spiro atoms. The van der Waals surface area contributed by atoms with Crippen LogP contribution in [0.1, 0.15) is 17.3 Å². The Morgan fingerprint density at radius 3 is 2.56 bits per heavy atom. The van der Waals surface area contributed by atoms with E-state index in [4.69, 9.17) is 0 Å². The second-order valence-corrected chi connectivity index (χ2v) is 2.93. The van der Waals surface area contributed by atoms with E-state index < -0.39 is 33.8 Å². The molecule has 1 N–H and O–H groups in total. The van der Waals surface area contributed by atoms with Gasteiger partial charge in [0.15, 0.2) is 0 Å². The molecule has 0 aliphatic carbocycles. The van der Waals surface area contributed by atoms with E-state index in [1.807, 2.05) is 5.32 Å². The average molecular weight is 226 g/mol. The summed E-state index contributed by atoms with van der Waals surface area (Å²) in [5.41, 5.74) is -1.04. The van der Waals surface area contributed by atoms with E-state index in [9.17, 15) is 24.1 Å². The first-order valence-electron chi connectivity index (χ1n) is 4.17. The predicted molar refractivity (Wildman–Crippen MR) is 51.2 cm³/mol. The number of rotatable bonds is 2. The van der Waals surface area contributed by atoms with Crippen molar-refractivity contribution in [3.05, 3.63) is 39.7 Å². The van der Waals surface area contributed by atoms with Crippen molar-refractivity contribution < 1.29 is 18.9 Å². The molecule has 0 heterocycles. The molecular formula is C9H7FN2O4. The molecule has 1 aromatic rings. The Kier molecular flexibility index (Phi) is 3.29. The van der Waals surface area contributed by atoms with Gasteiger partial charge in [0.1, 0.15) is 11.4 Å². The molecule has 0 unspecified atom stereocenters. The normalized spacial score (nSPS) is 9.62. The minimum Gasteiger partial charge on any atom is -0.292 e. The summed E-state index contributed by atoms with van der Waals surface area (Å²) in [6, 6.07) is 2.43. The van der Waals surface area contributed by atoms with Gasteiger partial charge in [-0.05, 0) is 12.1 Å². The number of imide groups is 1. The lowest BCUT2D eigenvalue weighted by Crippen LogP contribution is -2.28. The molecule has 1 rings (SSSR count). The highest BCUT2D eigenvalue weighted by molar-refractivity contribution is 6.06. The second-order valence-electron chi connectivity index (χ2n) is 2.93. The van der Waals surface area contributed by atoms with Crippen molar-refractivity contribution in [1.82, 2.24) is 5.32 Å². The molecule has 0 aliphatic heterocycles. The zero-order chi connectivity index (χ0) is 12.3. The van der Waals surface area contributed by atoms with Crippen molar-refractivity contribution in [3.63, 3.8) is 0 Å². The molecule has 0 bridgehead atoms. The minimum absolute atomic E-state index is 0.486. The van der Waals surface area contributed by atoms with Crippen LogP contribution in [-0.2, 0) is 4.79 Å². The zero-order valence-electron chi connectivity index (χ0n) is 8.19. The number of halogens is 1. The zero-order valence-corrected chi connectivity index (χ0v) is 8.19. The van der Waals surface area contributed by atoms with Crippen LogP contribution in [0.4, 0.5) is 10.1 Å². The lowest BCUT2D eigenvalue weighted by molar-refractivity contribution is -0.385. The van der Waals surface area contributed by atoms with Gasteiger partial charge in [-0.3, -0.25) is 25.0 Å². The lowest BCUT2D eigenvalue weighted by Gasteiger charge is -2.02. The monoisotopic (exact) mass is 226 g/mol. The maximum absolute atomic E-state index is 12.8. The van der Waals surface area contributed by atoms with E-state index in [1.54, 1.807) is 0 Å². The Morgan fingerprint density at radius 1 is 1.44 bits per heavy atom. The van der Waals surface area contributed by atoms with Crippen LogP contribution in [0.15, 0.2) is 18.2 Å². The highest BCUT2D eigenvalue weighted by Gasteiger charge is 2.21. The summed E-state index contributed by atoms with van der Waals surface area (Å²) in [6.07, 6.45) is 0. The molecule has 0 atom stereocenters. The Bertz CT molecular complexity index is 473. The van der Waals surface area contributed by atoms with Gasteiger partial charge in [0.2, 0.25) is 5.91 Å². The standard InChI is InChI=1S/C9H7FN2O4/c1-5(13)11-9(14)7-4-6(10)2-3-8(7)12(15)16/h2-4H,1H3,(H,11,13,14). The van der Waals surface area contributed by atoms with Crippen molar-refractivity contribution in [1.29, 1.82) is 0 Å². The highest BCUT2D eigenvalue weighted by Crippen LogP contribution is 2.19. The maximum atomic E-state index is 12.8. The maximum Gasteiger partial charge on any atom is 0.282 e. The Morgan fingerprint density at radius 2 is 2.06 bits per heavy atom. The van der Waals surface area contributed by atoms with Crippen molar-refractivity contribution >= 4 is 17.5 Å². The molecule has 0 saturated heterocycles. The number of carbonyl (C=O) groups is 2. The molecule has 16 heavy (non-hydrogen) atoms. The number of hydrogen-bond donors (Lipinski definition) is 1. The number of nitrogens with zero attached hydrogens (tertiary/aromatic N) is 1. The van der Waals surface area contributed by atoms with Gasteiger partial charge in [-0.15, -0.1) is 0 Å². The molecule has 0 fully saturated rings. The number of amides is 2. The van der Waals surface area contributed by atoms with Crippen LogP contribution in [0.5, 0.6) is 0 Å². The van der Waals surface area contributed by atoms with Gasteiger partial charge < -0.3 is 0 Å². The lowest BCUT2D eigenvalue weighted by atomic mass is 10.1. The summed E-state index contributed by atoms with van der Waals surface area (Å²) >= 11 is 0. The van der Waals surface area contributed by atoms with E-state index in [0.29, 0.717) is 6.07 Å². The van der Waals surface area contributed by atoms with E-state index in [2.05, 4.69) is 0 Å². The Hall–Kier alpha value is -2.31. The van der Waals surface area contributed by atoms with Crippen molar-refractivity contribution in [2.45, 2.75) is 6.92 Å². The largest absolute Gasteiger partial charge is 0.292 e. The molecule has 0 saturated carbocycles. The summed E-state index contributed by atoms with van der Waals surface area (Å²) in [6.45, 7) is 1.07. The molecule has 7 heteroatoms. The summed E-state index contributed by atoms with van der Waals surface area (Å²) in [5, 5.41) is 12.4. The third kappa shape index (κ3) is 2.59. The number of nitro groups is 1. The van der Waals surface area contributed by atoms with Crippen LogP contribution in [0.3, 0.4) is 0 Å². The highest BCUT2D eigenvalue weighted by atomic mass is 19.1. The smallest absolute Gasteiger partial charge is 0.282 e. The van der Waals surface area contributed by atoms with Crippen molar-refractivity contribution in [2.75, 3.05) is 0 Å². The first kappa shape index (κ1) is 11.8. The van der Waals surface area contributed by atoms with Gasteiger partial charge in [0, 0.05) is 13.0 Å². The topological polar surface area (TPSA) is 89.3 Å². The predicted octanol–water partition coefficient (Wildman–Crippen LogP) is 1.01. The van der Waals surface area contributed by atoms with Crippen LogP contribution < -0.4 is 5.32 Å². The van der Waals surface area contributed by atoms with Crippen molar-refractivity contribution in [2.24, 2.45) is 0 Å². The fraction of sp³-hybridized carbons (Fsp3) is 0.111. The Labute approximate surface area is 89.2 Å². The van der Waals surface area contributed by atoms with E-state index in [-0.39, 0.29) is 0 Å². The molecule has 0 aliphatic rings. The second kappa shape index (κ2) is 4.47. The van der Waals surface area contributed by atoms with Gasteiger partial charge in [-0.25, -0.2) is 4.39 Å². The molecule has 0 aromatic heterocycles. The van der Waals surface area contributed by atoms with Gasteiger partial charge in [0.25, 0.3) is 11.6 Å². The summed E-state index contributed by atoms with van der Waals surface area (Å²) in [7, 11) is 0. The summed E-state index contributed by atoms with van der Waals surface area (Å²) < 4.78 is 12.8. The van der Waals surface area contributed by atoms with Crippen LogP contribution in [0, 0.1) is 15.9 Å². The molecule has 6 nitrogen and oxygen atoms in total. The van der Waals surface area contributed by atoms with Gasteiger partial charge >= 0.3 is 0 Å².